The van der Waals surface area contributed by atoms with Crippen molar-refractivity contribution in [2.45, 2.75) is 19.0 Å². The molecule has 0 saturated carbocycles. The maximum Gasteiger partial charge on any atom is 0.231 e. The second kappa shape index (κ2) is 1.95. The van der Waals surface area contributed by atoms with Gasteiger partial charge >= 0.3 is 0 Å². The van der Waals surface area contributed by atoms with Crippen LogP contribution in [0.3, 0.4) is 0 Å². The fraction of sp³-hybridized carbons (Fsp3) is 0.750. The number of carbonyl (C=O) groups excluding carboxylic acids is 1. The van der Waals surface area contributed by atoms with Crippen molar-refractivity contribution < 1.29 is 4.79 Å². The highest BCUT2D eigenvalue weighted by molar-refractivity contribution is 5.89. The fourth-order valence-corrected chi connectivity index (χ4v) is 0.728. The summed E-state index contributed by atoms with van der Waals surface area (Å²) in [4.78, 5) is 13.0. The Kier molecular flexibility index (Phi) is 1.28. The van der Waals surface area contributed by atoms with E-state index < -0.39 is 6.04 Å². The molecule has 0 aromatic carbocycles. The van der Waals surface area contributed by atoms with Gasteiger partial charge in [0.25, 0.3) is 0 Å². The van der Waals surface area contributed by atoms with E-state index in [-0.39, 0.29) is 11.9 Å². The highest BCUT2D eigenvalue weighted by Gasteiger charge is 2.34. The number of amides is 1. The molecule has 1 fully saturated rings. The van der Waals surface area contributed by atoms with Gasteiger partial charge in [-0.25, -0.2) is 0 Å². The van der Waals surface area contributed by atoms with Crippen LogP contribution in [0.25, 0.3) is 10.4 Å². The van der Waals surface area contributed by atoms with Crippen molar-refractivity contribution in [1.29, 1.82) is 0 Å². The van der Waals surface area contributed by atoms with Gasteiger partial charge in [-0.05, 0) is 12.5 Å². The van der Waals surface area contributed by atoms with Crippen LogP contribution in [0.15, 0.2) is 5.11 Å². The van der Waals surface area contributed by atoms with Gasteiger partial charge in [-0.15, -0.1) is 0 Å². The summed E-state index contributed by atoms with van der Waals surface area (Å²) in [5.41, 5.74) is 7.92. The van der Waals surface area contributed by atoms with E-state index in [0.717, 1.165) is 0 Å². The van der Waals surface area contributed by atoms with Crippen molar-refractivity contribution in [1.82, 2.24) is 5.32 Å². The minimum Gasteiger partial charge on any atom is -0.352 e. The van der Waals surface area contributed by atoms with Crippen LogP contribution in [0.2, 0.25) is 0 Å². The molecule has 48 valence electrons. The van der Waals surface area contributed by atoms with E-state index >= 15 is 0 Å². The van der Waals surface area contributed by atoms with Crippen LogP contribution in [-0.2, 0) is 4.79 Å². The number of nitrogens with one attached hydrogen (secondary N) is 1. The maximum absolute atomic E-state index is 10.5. The Balaban J connectivity index is 2.58. The molecule has 0 spiro atoms. The molecular weight excluding hydrogens is 120 g/mol. The summed E-state index contributed by atoms with van der Waals surface area (Å²) in [6, 6.07) is -0.469. The molecule has 1 aliphatic heterocycles. The standard InChI is InChI=1S/C4H6N4O/c1-2-3(7-8-5)4(9)6-2/h2-3H,1H3,(H,6,9). The molecular formula is C4H6N4O. The molecule has 2 atom stereocenters. The predicted molar refractivity (Wildman–Crippen MR) is 30.5 cm³/mol. The Morgan fingerprint density at radius 2 is 2.56 bits per heavy atom. The van der Waals surface area contributed by atoms with E-state index in [9.17, 15) is 4.79 Å². The smallest absolute Gasteiger partial charge is 0.231 e. The molecule has 1 aliphatic rings. The van der Waals surface area contributed by atoms with Gasteiger partial charge in [-0.1, -0.05) is 5.11 Å². The van der Waals surface area contributed by atoms with Crippen molar-refractivity contribution in [3.05, 3.63) is 10.4 Å². The lowest BCUT2D eigenvalue weighted by Gasteiger charge is -2.29. The van der Waals surface area contributed by atoms with Crippen LogP contribution >= 0.6 is 0 Å². The summed E-state index contributed by atoms with van der Waals surface area (Å²) in [7, 11) is 0. The fourth-order valence-electron chi connectivity index (χ4n) is 0.728. The summed E-state index contributed by atoms with van der Waals surface area (Å²) >= 11 is 0. The largest absolute Gasteiger partial charge is 0.352 e. The maximum atomic E-state index is 10.5. The third kappa shape index (κ3) is 0.816. The average Bonchev–Trinajstić information content (AvgIpc) is 1.84. The predicted octanol–water partition coefficient (Wildman–Crippen LogP) is 0.184. The van der Waals surface area contributed by atoms with E-state index in [0.29, 0.717) is 0 Å². The van der Waals surface area contributed by atoms with Gasteiger partial charge < -0.3 is 5.32 Å². The number of carbonyl (C=O) groups is 1. The van der Waals surface area contributed by atoms with E-state index in [2.05, 4.69) is 15.3 Å². The SMILES string of the molecule is CC1NC(=O)C1N=[N+]=[N-]. The molecule has 2 unspecified atom stereocenters. The summed E-state index contributed by atoms with van der Waals surface area (Å²) in [5, 5.41) is 5.80. The Bertz CT molecular complexity index is 181. The van der Waals surface area contributed by atoms with E-state index in [1.54, 1.807) is 6.92 Å². The number of nitrogens with zero attached hydrogens (tertiary/aromatic N) is 3. The lowest BCUT2D eigenvalue weighted by atomic mass is 10.0. The number of hydrogen-bond donors (Lipinski definition) is 1. The normalized spacial score (nSPS) is 31.9. The summed E-state index contributed by atoms with van der Waals surface area (Å²) in [6.07, 6.45) is 0. The van der Waals surface area contributed by atoms with Gasteiger partial charge in [0.2, 0.25) is 5.91 Å². The molecule has 0 aromatic heterocycles. The van der Waals surface area contributed by atoms with Gasteiger partial charge in [0.15, 0.2) is 0 Å². The Hall–Kier alpha value is -1.22. The lowest BCUT2D eigenvalue weighted by molar-refractivity contribution is -0.129. The molecule has 5 heteroatoms. The van der Waals surface area contributed by atoms with Gasteiger partial charge in [0, 0.05) is 11.0 Å². The second-order valence-electron chi connectivity index (χ2n) is 1.95. The van der Waals surface area contributed by atoms with Crippen molar-refractivity contribution >= 4 is 5.91 Å². The molecule has 1 rings (SSSR count). The van der Waals surface area contributed by atoms with Gasteiger partial charge in [-0.3, -0.25) is 4.79 Å². The van der Waals surface area contributed by atoms with Crippen LogP contribution in [0.1, 0.15) is 6.92 Å². The molecule has 0 aromatic rings. The minimum absolute atomic E-state index is 0.00778. The monoisotopic (exact) mass is 126 g/mol. The topological polar surface area (TPSA) is 77.9 Å². The molecule has 0 aliphatic carbocycles. The van der Waals surface area contributed by atoms with Crippen molar-refractivity contribution in [2.24, 2.45) is 5.11 Å². The van der Waals surface area contributed by atoms with E-state index in [1.165, 1.54) is 0 Å². The number of β-lactam (4-membered cyclic amide) rings is 1. The number of azide groups is 1. The van der Waals surface area contributed by atoms with Crippen LogP contribution in [0.5, 0.6) is 0 Å². The zero-order chi connectivity index (χ0) is 6.85. The summed E-state index contributed by atoms with van der Waals surface area (Å²) in [6.45, 7) is 1.79. The molecule has 5 nitrogen and oxygen atoms in total. The Morgan fingerprint density at radius 3 is 2.78 bits per heavy atom. The average molecular weight is 126 g/mol. The lowest BCUT2D eigenvalue weighted by Crippen LogP contribution is -2.59. The zero-order valence-corrected chi connectivity index (χ0v) is 4.90. The molecule has 0 bridgehead atoms. The number of rotatable bonds is 1. The van der Waals surface area contributed by atoms with Crippen molar-refractivity contribution in [2.75, 3.05) is 0 Å². The number of hydrogen-bond acceptors (Lipinski definition) is 2. The highest BCUT2D eigenvalue weighted by Crippen LogP contribution is 2.08. The first-order valence-electron chi connectivity index (χ1n) is 2.60. The molecule has 9 heavy (non-hydrogen) atoms. The molecule has 1 amide bonds. The van der Waals surface area contributed by atoms with Crippen molar-refractivity contribution in [3.63, 3.8) is 0 Å². The Morgan fingerprint density at radius 1 is 1.89 bits per heavy atom. The van der Waals surface area contributed by atoms with Gasteiger partial charge in [0.05, 0.1) is 0 Å². The first kappa shape index (κ1) is 5.91. The molecule has 0 radical (unpaired) electrons. The highest BCUT2D eigenvalue weighted by atomic mass is 16.2. The Labute approximate surface area is 51.7 Å². The van der Waals surface area contributed by atoms with E-state index in [4.69, 9.17) is 5.53 Å². The third-order valence-corrected chi connectivity index (χ3v) is 1.29. The second-order valence-corrected chi connectivity index (χ2v) is 1.95. The minimum atomic E-state index is -0.477. The molecule has 1 N–H and O–H groups in total. The van der Waals surface area contributed by atoms with Crippen LogP contribution < -0.4 is 5.32 Å². The molecule has 1 saturated heterocycles. The van der Waals surface area contributed by atoms with Crippen LogP contribution in [-0.4, -0.2) is 18.0 Å². The van der Waals surface area contributed by atoms with Crippen LogP contribution in [0.4, 0.5) is 0 Å². The first-order valence-corrected chi connectivity index (χ1v) is 2.60. The third-order valence-electron chi connectivity index (χ3n) is 1.29. The molecule has 1 heterocycles. The van der Waals surface area contributed by atoms with Crippen LogP contribution in [0, 0.1) is 0 Å². The van der Waals surface area contributed by atoms with Crippen molar-refractivity contribution in [3.8, 4) is 0 Å². The summed E-state index contributed by atoms with van der Waals surface area (Å²) < 4.78 is 0. The zero-order valence-electron chi connectivity index (χ0n) is 4.90. The quantitative estimate of drug-likeness (QED) is 0.231. The summed E-state index contributed by atoms with van der Waals surface area (Å²) in [5.74, 6) is -0.180. The first-order chi connectivity index (χ1) is 4.25. The van der Waals surface area contributed by atoms with Gasteiger partial charge in [-0.2, -0.15) is 0 Å². The van der Waals surface area contributed by atoms with E-state index in [1.807, 2.05) is 0 Å². The van der Waals surface area contributed by atoms with Gasteiger partial charge in [0.1, 0.15) is 6.04 Å².